The van der Waals surface area contributed by atoms with Crippen LogP contribution >= 0.6 is 11.3 Å². The van der Waals surface area contributed by atoms with Crippen molar-refractivity contribution in [3.05, 3.63) is 48.7 Å². The van der Waals surface area contributed by atoms with Crippen LogP contribution in [0.1, 0.15) is 65.2 Å². The third-order valence-corrected chi connectivity index (χ3v) is 11.0. The van der Waals surface area contributed by atoms with Crippen LogP contribution in [0.4, 0.5) is 15.4 Å². The van der Waals surface area contributed by atoms with Crippen LogP contribution in [-0.4, -0.2) is 104 Å². The summed E-state index contributed by atoms with van der Waals surface area (Å²) in [4.78, 5) is 81.7. The molecule has 2 aliphatic heterocycles. The highest BCUT2D eigenvalue weighted by Gasteiger charge is 2.40. The number of carbonyl (C=O) groups is 5. The third kappa shape index (κ3) is 8.05. The molecule has 4 aromatic rings. The van der Waals surface area contributed by atoms with Gasteiger partial charge in [0.2, 0.25) is 17.7 Å². The number of thiazole rings is 1. The molecule has 3 aromatic heterocycles. The topological polar surface area (TPSA) is 192 Å². The van der Waals surface area contributed by atoms with Gasteiger partial charge in [-0.05, 0) is 48.6 Å². The van der Waals surface area contributed by atoms with Crippen LogP contribution < -0.4 is 16.0 Å². The Kier molecular flexibility index (Phi) is 11.5. The molecule has 0 aliphatic carbocycles. The summed E-state index contributed by atoms with van der Waals surface area (Å²) in [5.41, 5.74) is 2.75. The van der Waals surface area contributed by atoms with Gasteiger partial charge in [-0.2, -0.15) is 0 Å². The predicted octanol–water partition coefficient (Wildman–Crippen LogP) is 4.81. The van der Waals surface area contributed by atoms with E-state index < -0.39 is 30.3 Å². The van der Waals surface area contributed by atoms with Crippen molar-refractivity contribution >= 4 is 52.0 Å². The van der Waals surface area contributed by atoms with Crippen molar-refractivity contribution < 1.29 is 33.4 Å². The van der Waals surface area contributed by atoms with Crippen LogP contribution in [0, 0.1) is 11.8 Å². The van der Waals surface area contributed by atoms with Gasteiger partial charge in [-0.15, -0.1) is 0 Å². The van der Waals surface area contributed by atoms with Crippen LogP contribution in [0.15, 0.2) is 42.9 Å². The molecule has 2 aliphatic rings. The quantitative estimate of drug-likeness (QED) is 0.166. The predicted molar refractivity (Wildman–Crippen MR) is 201 cm³/mol. The van der Waals surface area contributed by atoms with E-state index in [1.165, 1.54) is 30.5 Å². The normalized spacial score (nSPS) is 18.2. The molecule has 54 heavy (non-hydrogen) atoms. The number of ether oxygens (including phenoxy) is 2. The van der Waals surface area contributed by atoms with Crippen LogP contribution in [0.3, 0.4) is 0 Å². The van der Waals surface area contributed by atoms with Crippen molar-refractivity contribution in [2.24, 2.45) is 11.8 Å². The Morgan fingerprint density at radius 3 is 2.04 bits per heavy atom. The van der Waals surface area contributed by atoms with E-state index in [-0.39, 0.29) is 35.6 Å². The first-order valence-corrected chi connectivity index (χ1v) is 18.9. The first-order chi connectivity index (χ1) is 25.9. The van der Waals surface area contributed by atoms with Gasteiger partial charge in [-0.25, -0.2) is 19.6 Å². The van der Waals surface area contributed by atoms with Crippen LogP contribution in [-0.2, 0) is 23.9 Å². The number of fused-ring (bicyclic) bond motifs is 1. The molecule has 5 heterocycles. The number of H-pyrrole nitrogens is 1. The Hall–Kier alpha value is -5.45. The summed E-state index contributed by atoms with van der Waals surface area (Å²) in [7, 11) is 2.52. The van der Waals surface area contributed by atoms with Gasteiger partial charge in [-0.1, -0.05) is 63.3 Å². The summed E-state index contributed by atoms with van der Waals surface area (Å²) >= 11 is 1.48. The number of anilines is 1. The number of imidazole rings is 2. The second-order valence-corrected chi connectivity index (χ2v) is 15.3. The minimum absolute atomic E-state index is 0.117. The maximum Gasteiger partial charge on any atom is 0.407 e. The fourth-order valence-corrected chi connectivity index (χ4v) is 8.01. The van der Waals surface area contributed by atoms with E-state index in [2.05, 4.69) is 30.9 Å². The average molecular weight is 762 g/mol. The number of amides is 5. The molecule has 16 nitrogen and oxygen atoms in total. The number of nitrogens with one attached hydrogen (secondary N) is 4. The second-order valence-electron chi connectivity index (χ2n) is 14.3. The lowest BCUT2D eigenvalue weighted by Crippen LogP contribution is -2.54. The maximum absolute atomic E-state index is 13.5. The van der Waals surface area contributed by atoms with Crippen molar-refractivity contribution in [3.8, 4) is 21.7 Å². The SMILES string of the molecule is COC(=O)NC(C(=O)N1CCCC1C(=O)Nc1cn2cc(-c3ccc(-c4cnc(C5CCCN5C(=O)C(NC(=O)OC)C(C)C)[nH]4)cc3)sc2n1)C(C)C. The molecule has 4 atom stereocenters. The zero-order valence-corrected chi connectivity index (χ0v) is 32.1. The van der Waals surface area contributed by atoms with Crippen LogP contribution in [0.5, 0.6) is 0 Å². The Labute approximate surface area is 317 Å². The molecule has 288 valence electrons. The van der Waals surface area contributed by atoms with Crippen molar-refractivity contribution in [2.45, 2.75) is 77.5 Å². The van der Waals surface area contributed by atoms with E-state index >= 15 is 0 Å². The highest BCUT2D eigenvalue weighted by atomic mass is 32.1. The summed E-state index contributed by atoms with van der Waals surface area (Å²) in [6.45, 7) is 8.43. The smallest absolute Gasteiger partial charge is 0.407 e. The molecule has 0 saturated carbocycles. The number of hydrogen-bond donors (Lipinski definition) is 4. The number of nitrogens with zero attached hydrogens (tertiary/aromatic N) is 5. The number of hydrogen-bond acceptors (Lipinski definition) is 10. The standard InChI is InChI=1S/C37H47N9O7S/c1-20(2)29(42-36(50)52-5)33(48)45-15-7-9-25(45)31-38-17-24(39-31)22-11-13-23(14-12-22)27-18-44-19-28(41-35(44)54-27)40-32(47)26-10-8-16-46(26)34(49)30(21(3)4)43-37(51)53-6/h11-14,17-21,25-26,29-30H,7-10,15-16H2,1-6H3,(H,38,39)(H,40,47)(H,42,50)(H,43,51). The van der Waals surface area contributed by atoms with E-state index in [1.54, 1.807) is 17.3 Å². The summed E-state index contributed by atoms with van der Waals surface area (Å²) in [6, 6.07) is 5.64. The average Bonchev–Trinajstić information content (AvgIpc) is 4.00. The van der Waals surface area contributed by atoms with Gasteiger partial charge in [-0.3, -0.25) is 18.8 Å². The lowest BCUT2D eigenvalue weighted by molar-refractivity contribution is -0.139. The summed E-state index contributed by atoms with van der Waals surface area (Å²) in [5.74, 6) is -0.0280. The molecule has 4 unspecified atom stereocenters. The lowest BCUT2D eigenvalue weighted by Gasteiger charge is -2.30. The fraction of sp³-hybridized carbons (Fsp3) is 0.486. The number of carbonyl (C=O) groups excluding carboxylic acids is 5. The van der Waals surface area contributed by atoms with Gasteiger partial charge in [0.25, 0.3) is 0 Å². The van der Waals surface area contributed by atoms with Crippen molar-refractivity contribution in [3.63, 3.8) is 0 Å². The number of aromatic amines is 1. The van der Waals surface area contributed by atoms with Crippen molar-refractivity contribution in [2.75, 3.05) is 32.6 Å². The second kappa shape index (κ2) is 16.3. The summed E-state index contributed by atoms with van der Waals surface area (Å²) in [5, 5.41) is 8.15. The van der Waals surface area contributed by atoms with E-state index in [1.807, 2.05) is 62.6 Å². The molecule has 17 heteroatoms. The van der Waals surface area contributed by atoms with Gasteiger partial charge < -0.3 is 40.2 Å². The molecular weight excluding hydrogens is 715 g/mol. The molecular formula is C37H47N9O7S. The molecule has 0 spiro atoms. The van der Waals surface area contributed by atoms with E-state index in [0.717, 1.165) is 34.5 Å². The fourth-order valence-electron chi connectivity index (χ4n) is 7.04. The van der Waals surface area contributed by atoms with Gasteiger partial charge in [0.05, 0.1) is 43.2 Å². The first-order valence-electron chi connectivity index (χ1n) is 18.1. The number of methoxy groups -OCH3 is 2. The van der Waals surface area contributed by atoms with Crippen LogP contribution in [0.25, 0.3) is 26.7 Å². The lowest BCUT2D eigenvalue weighted by atomic mass is 10.0. The van der Waals surface area contributed by atoms with Gasteiger partial charge in [0.1, 0.15) is 23.9 Å². The molecule has 0 radical (unpaired) electrons. The zero-order valence-electron chi connectivity index (χ0n) is 31.3. The highest BCUT2D eigenvalue weighted by Crippen LogP contribution is 2.34. The highest BCUT2D eigenvalue weighted by molar-refractivity contribution is 7.20. The van der Waals surface area contributed by atoms with Gasteiger partial charge in [0, 0.05) is 19.3 Å². The largest absolute Gasteiger partial charge is 0.453 e. The number of rotatable bonds is 11. The van der Waals surface area contributed by atoms with Crippen LogP contribution in [0.2, 0.25) is 0 Å². The minimum Gasteiger partial charge on any atom is -0.453 e. The molecule has 2 saturated heterocycles. The maximum atomic E-state index is 13.5. The van der Waals surface area contributed by atoms with E-state index in [0.29, 0.717) is 42.5 Å². The van der Waals surface area contributed by atoms with E-state index in [9.17, 15) is 24.0 Å². The minimum atomic E-state index is -0.810. The summed E-state index contributed by atoms with van der Waals surface area (Å²) < 4.78 is 11.3. The van der Waals surface area contributed by atoms with Gasteiger partial charge in [0.15, 0.2) is 10.8 Å². The van der Waals surface area contributed by atoms with Gasteiger partial charge >= 0.3 is 12.2 Å². The van der Waals surface area contributed by atoms with Crippen molar-refractivity contribution in [1.29, 1.82) is 0 Å². The molecule has 2 fully saturated rings. The monoisotopic (exact) mass is 761 g/mol. The Bertz CT molecular complexity index is 1970. The van der Waals surface area contributed by atoms with Crippen molar-refractivity contribution in [1.82, 2.24) is 39.8 Å². The molecule has 4 N–H and O–H groups in total. The molecule has 0 bridgehead atoms. The molecule has 1 aromatic carbocycles. The Morgan fingerprint density at radius 2 is 1.43 bits per heavy atom. The zero-order chi connectivity index (χ0) is 38.7. The number of benzene rings is 1. The third-order valence-electron chi connectivity index (χ3n) is 9.96. The van der Waals surface area contributed by atoms with E-state index in [4.69, 9.17) is 9.47 Å². The Balaban J connectivity index is 1.09. The first kappa shape index (κ1) is 38.3. The summed E-state index contributed by atoms with van der Waals surface area (Å²) in [6.07, 6.45) is 6.92. The number of alkyl carbamates (subject to hydrolysis) is 2. The number of likely N-dealkylation sites (tertiary alicyclic amines) is 2. The number of aromatic nitrogens is 4. The Morgan fingerprint density at radius 1 is 0.833 bits per heavy atom. The molecule has 5 amide bonds. The molecule has 6 rings (SSSR count).